The number of rotatable bonds is 8. The maximum atomic E-state index is 12.6. The summed E-state index contributed by atoms with van der Waals surface area (Å²) in [6.45, 7) is 9.33. The molecule has 1 N–H and O–H groups in total. The minimum atomic E-state index is -0.527. The summed E-state index contributed by atoms with van der Waals surface area (Å²) in [5.74, 6) is 0.00758. The molecule has 1 amide bonds. The number of hydrogen-bond donors (Lipinski definition) is 1. The first-order chi connectivity index (χ1) is 17.2. The average molecular weight is 489 g/mol. The molecule has 36 heavy (non-hydrogen) atoms. The smallest absolute Gasteiger partial charge is 0.306 e. The Morgan fingerprint density at radius 1 is 1.19 bits per heavy atom. The minimum Gasteiger partial charge on any atom is -0.467 e. The van der Waals surface area contributed by atoms with Gasteiger partial charge in [0.25, 0.3) is 5.91 Å². The second-order valence-electron chi connectivity index (χ2n) is 8.74. The number of nitrogens with one attached hydrogen (secondary N) is 1. The molecule has 4 rings (SSSR count). The van der Waals surface area contributed by atoms with Crippen LogP contribution in [-0.2, 0) is 27.3 Å². The molecular weight excluding hydrogens is 460 g/mol. The molecule has 4 heterocycles. The number of furan rings is 1. The largest absolute Gasteiger partial charge is 0.467 e. The van der Waals surface area contributed by atoms with Crippen molar-refractivity contribution >= 4 is 23.3 Å². The van der Waals surface area contributed by atoms with Gasteiger partial charge in [0.15, 0.2) is 12.3 Å². The molecule has 0 aliphatic carbocycles. The van der Waals surface area contributed by atoms with Gasteiger partial charge in [-0.15, -0.1) is 0 Å². The van der Waals surface area contributed by atoms with Crippen molar-refractivity contribution in [2.45, 2.75) is 54.0 Å². The molecule has 4 aromatic heterocycles. The maximum absolute atomic E-state index is 12.6. The highest BCUT2D eigenvalue weighted by atomic mass is 16.5. The quantitative estimate of drug-likeness (QED) is 0.375. The molecule has 0 atom stereocenters. The third-order valence-electron chi connectivity index (χ3n) is 6.32. The van der Waals surface area contributed by atoms with Gasteiger partial charge in [0.2, 0.25) is 0 Å². The number of amides is 1. The zero-order chi connectivity index (χ0) is 26.0. The molecule has 0 radical (unpaired) electrons. The van der Waals surface area contributed by atoms with E-state index in [4.69, 9.17) is 9.15 Å². The lowest BCUT2D eigenvalue weighted by molar-refractivity contribution is -0.147. The molecule has 0 aliphatic heterocycles. The van der Waals surface area contributed by atoms with Crippen LogP contribution in [0.2, 0.25) is 0 Å². The lowest BCUT2D eigenvalue weighted by atomic mass is 10.1. The molecule has 10 nitrogen and oxygen atoms in total. The molecule has 0 spiro atoms. The molecule has 0 aliphatic rings. The predicted octanol–water partition coefficient (Wildman–Crippen LogP) is 3.70. The molecule has 10 heteroatoms. The zero-order valence-electron chi connectivity index (χ0n) is 21.0. The van der Waals surface area contributed by atoms with Crippen LogP contribution in [0.3, 0.4) is 0 Å². The van der Waals surface area contributed by atoms with E-state index in [2.05, 4.69) is 21.5 Å². The number of ether oxygens (including phenoxy) is 1. The Labute approximate surface area is 208 Å². The predicted molar refractivity (Wildman–Crippen MR) is 132 cm³/mol. The van der Waals surface area contributed by atoms with E-state index in [1.165, 1.54) is 0 Å². The summed E-state index contributed by atoms with van der Waals surface area (Å²) >= 11 is 0. The third kappa shape index (κ3) is 4.86. The maximum Gasteiger partial charge on any atom is 0.306 e. The topological polar surface area (TPSA) is 127 Å². The summed E-state index contributed by atoms with van der Waals surface area (Å²) in [6.07, 6.45) is 2.08. The van der Waals surface area contributed by atoms with Crippen LogP contribution in [-0.4, -0.2) is 37.6 Å². The van der Waals surface area contributed by atoms with Gasteiger partial charge < -0.3 is 19.0 Å². The number of carbonyl (C=O) groups is 2. The number of hydrogen-bond acceptors (Lipinski definition) is 7. The summed E-state index contributed by atoms with van der Waals surface area (Å²) in [5, 5.41) is 16.8. The second-order valence-corrected chi connectivity index (χ2v) is 8.74. The van der Waals surface area contributed by atoms with Gasteiger partial charge in [-0.25, -0.2) is 9.50 Å². The van der Waals surface area contributed by atoms with Crippen molar-refractivity contribution in [3.8, 4) is 6.07 Å². The number of esters is 1. The molecule has 186 valence electrons. The number of aryl methyl sites for hydroxylation is 3. The SMILES string of the molecule is Cc1cc2nc(C)c(CCC(=O)OCC(=O)Nc3c(C#N)c(C)c(C)n3Cc3ccco3)c(C)n2n1. The Morgan fingerprint density at radius 3 is 2.67 bits per heavy atom. The van der Waals surface area contributed by atoms with E-state index in [0.717, 1.165) is 39.5 Å². The van der Waals surface area contributed by atoms with Crippen molar-refractivity contribution in [2.75, 3.05) is 11.9 Å². The highest BCUT2D eigenvalue weighted by Gasteiger charge is 2.21. The molecule has 0 unspecified atom stereocenters. The van der Waals surface area contributed by atoms with E-state index >= 15 is 0 Å². The van der Waals surface area contributed by atoms with Crippen molar-refractivity contribution in [1.82, 2.24) is 19.2 Å². The number of anilines is 1. The van der Waals surface area contributed by atoms with Crippen molar-refractivity contribution in [3.05, 3.63) is 69.7 Å². The van der Waals surface area contributed by atoms with Gasteiger partial charge in [0.05, 0.1) is 24.1 Å². The Hall–Kier alpha value is -4.39. The van der Waals surface area contributed by atoms with Gasteiger partial charge in [-0.2, -0.15) is 10.4 Å². The van der Waals surface area contributed by atoms with Gasteiger partial charge in [-0.1, -0.05) is 0 Å². The van der Waals surface area contributed by atoms with E-state index in [1.807, 2.05) is 46.8 Å². The first-order valence-corrected chi connectivity index (χ1v) is 11.6. The first kappa shape index (κ1) is 24.7. The van der Waals surface area contributed by atoms with Gasteiger partial charge in [-0.3, -0.25) is 9.59 Å². The van der Waals surface area contributed by atoms with Gasteiger partial charge >= 0.3 is 5.97 Å². The minimum absolute atomic E-state index is 0.0962. The molecule has 0 aromatic carbocycles. The van der Waals surface area contributed by atoms with Crippen LogP contribution in [0, 0.1) is 45.9 Å². The number of nitriles is 1. The number of carbonyl (C=O) groups excluding carboxylic acids is 2. The molecule has 0 bridgehead atoms. The van der Waals surface area contributed by atoms with Crippen LogP contribution in [0.5, 0.6) is 0 Å². The van der Waals surface area contributed by atoms with E-state index in [-0.39, 0.29) is 6.42 Å². The van der Waals surface area contributed by atoms with Crippen LogP contribution in [0.25, 0.3) is 5.65 Å². The Balaban J connectivity index is 1.39. The Bertz CT molecular complexity index is 1490. The molecule has 0 saturated carbocycles. The number of aromatic nitrogens is 4. The van der Waals surface area contributed by atoms with E-state index < -0.39 is 18.5 Å². The molecular formula is C26H28N6O4. The highest BCUT2D eigenvalue weighted by molar-refractivity contribution is 5.93. The summed E-state index contributed by atoms with van der Waals surface area (Å²) in [4.78, 5) is 29.6. The van der Waals surface area contributed by atoms with Gasteiger partial charge in [0.1, 0.15) is 17.6 Å². The van der Waals surface area contributed by atoms with Crippen LogP contribution >= 0.6 is 0 Å². The van der Waals surface area contributed by atoms with Crippen molar-refractivity contribution in [3.63, 3.8) is 0 Å². The third-order valence-corrected chi connectivity index (χ3v) is 6.32. The fourth-order valence-electron chi connectivity index (χ4n) is 4.30. The molecule has 4 aromatic rings. The van der Waals surface area contributed by atoms with Crippen LogP contribution < -0.4 is 5.32 Å². The number of fused-ring (bicyclic) bond motifs is 1. The summed E-state index contributed by atoms with van der Waals surface area (Å²) in [6, 6.07) is 7.65. The first-order valence-electron chi connectivity index (χ1n) is 11.6. The van der Waals surface area contributed by atoms with Crippen LogP contribution in [0.4, 0.5) is 5.82 Å². The average Bonchev–Trinajstić information content (AvgIpc) is 3.53. The lowest BCUT2D eigenvalue weighted by Crippen LogP contribution is -2.23. The lowest BCUT2D eigenvalue weighted by Gasteiger charge is -2.13. The highest BCUT2D eigenvalue weighted by Crippen LogP contribution is 2.27. The summed E-state index contributed by atoms with van der Waals surface area (Å²) < 4.78 is 14.2. The van der Waals surface area contributed by atoms with Crippen molar-refractivity contribution in [2.24, 2.45) is 0 Å². The normalized spacial score (nSPS) is 11.0. The van der Waals surface area contributed by atoms with Crippen molar-refractivity contribution < 1.29 is 18.7 Å². The molecule has 0 fully saturated rings. The standard InChI is InChI=1S/C26H28N6O4/c1-15-11-23-28-17(3)21(19(5)32(23)30-15)8-9-25(34)36-14-24(33)29-26-22(12-27)16(2)18(4)31(26)13-20-7-6-10-35-20/h6-7,10-11H,8-9,13-14H2,1-5H3,(H,29,33). The van der Waals surface area contributed by atoms with E-state index in [0.29, 0.717) is 30.1 Å². The van der Waals surface area contributed by atoms with Crippen molar-refractivity contribution in [1.29, 1.82) is 5.26 Å². The second kappa shape index (κ2) is 10.1. The monoisotopic (exact) mass is 488 g/mol. The van der Waals surface area contributed by atoms with Gasteiger partial charge in [-0.05, 0) is 64.3 Å². The Kier molecular flexibility index (Phi) is 6.92. The van der Waals surface area contributed by atoms with Gasteiger partial charge in [0, 0.05) is 29.6 Å². The Morgan fingerprint density at radius 2 is 1.97 bits per heavy atom. The van der Waals surface area contributed by atoms with E-state index in [1.54, 1.807) is 21.4 Å². The van der Waals surface area contributed by atoms with Crippen LogP contribution in [0.1, 0.15) is 51.6 Å². The fraction of sp³-hybridized carbons (Fsp3) is 0.346. The van der Waals surface area contributed by atoms with Crippen LogP contribution in [0.15, 0.2) is 28.9 Å². The van der Waals surface area contributed by atoms with E-state index in [9.17, 15) is 14.9 Å². The molecule has 0 saturated heterocycles. The number of nitrogens with zero attached hydrogens (tertiary/aromatic N) is 5. The zero-order valence-corrected chi connectivity index (χ0v) is 21.0. The summed E-state index contributed by atoms with van der Waals surface area (Å²) in [5.41, 5.74) is 6.27. The summed E-state index contributed by atoms with van der Waals surface area (Å²) in [7, 11) is 0. The fourth-order valence-corrected chi connectivity index (χ4v) is 4.30.